The fourth-order valence-corrected chi connectivity index (χ4v) is 8.98. The highest BCUT2D eigenvalue weighted by atomic mass is 16.3. The molecule has 3 heterocycles. The lowest BCUT2D eigenvalue weighted by Crippen LogP contribution is -1.97. The summed E-state index contributed by atoms with van der Waals surface area (Å²) in [6.07, 6.45) is 0. The molecule has 0 N–H and O–H groups in total. The summed E-state index contributed by atoms with van der Waals surface area (Å²) < 4.78 is 6.69. The quantitative estimate of drug-likeness (QED) is 0.151. The van der Waals surface area contributed by atoms with Gasteiger partial charge in [-0.3, -0.25) is 0 Å². The Hall–Kier alpha value is -8.47. The second-order valence-electron chi connectivity index (χ2n) is 16.0. The van der Waals surface area contributed by atoms with E-state index in [2.05, 4.69) is 182 Å². The highest BCUT2D eigenvalue weighted by Gasteiger charge is 2.19. The van der Waals surface area contributed by atoms with E-state index in [1.54, 1.807) is 0 Å². The Bertz CT molecular complexity index is 3650. The summed E-state index contributed by atoms with van der Waals surface area (Å²) in [6, 6.07) is 78.7. The first-order valence-electron chi connectivity index (χ1n) is 21.2. The number of hydrogen-bond donors (Lipinski definition) is 0. The third-order valence-corrected chi connectivity index (χ3v) is 12.1. The molecule has 0 saturated carbocycles. The average molecular weight is 804 g/mol. The van der Waals surface area contributed by atoms with E-state index in [4.69, 9.17) is 19.4 Å². The van der Waals surface area contributed by atoms with Crippen molar-refractivity contribution in [2.75, 3.05) is 0 Å². The molecule has 0 spiro atoms. The monoisotopic (exact) mass is 803 g/mol. The van der Waals surface area contributed by atoms with Crippen LogP contribution in [0.5, 0.6) is 0 Å². The lowest BCUT2D eigenvalue weighted by atomic mass is 9.90. The highest BCUT2D eigenvalue weighted by molar-refractivity contribution is 6.15. The van der Waals surface area contributed by atoms with Crippen molar-refractivity contribution in [3.63, 3.8) is 0 Å². The summed E-state index contributed by atoms with van der Waals surface area (Å²) in [5, 5.41) is 5.59. The maximum absolute atomic E-state index is 6.69. The Labute approximate surface area is 364 Å². The predicted molar refractivity (Wildman–Crippen MR) is 260 cm³/mol. The highest BCUT2D eigenvalue weighted by Crippen LogP contribution is 2.43. The molecule has 12 rings (SSSR count). The van der Waals surface area contributed by atoms with Crippen LogP contribution in [0.1, 0.15) is 0 Å². The van der Waals surface area contributed by atoms with Crippen LogP contribution in [0.2, 0.25) is 0 Å². The molecule has 0 bridgehead atoms. The standard InChI is InChI=1S/C59H37N3O/c1-4-15-38(16-5-1)39-27-29-42(30-28-39)54-37-55(62-59(61-54)43-20-8-3-9-21-43)46-34-44(48-24-14-25-50-49-23-12-13-26-56(49)63-58(48)50)33-45(35-46)51-36-53(41-18-6-2-7-19-41)60-52-32-31-40-17-10-11-22-47(40)57(51)52/h1-37H. The van der Waals surface area contributed by atoms with Crippen LogP contribution < -0.4 is 0 Å². The van der Waals surface area contributed by atoms with Gasteiger partial charge in [-0.05, 0) is 81.1 Å². The van der Waals surface area contributed by atoms with Crippen LogP contribution in [-0.2, 0) is 0 Å². The molecular formula is C59H37N3O. The van der Waals surface area contributed by atoms with Gasteiger partial charge in [0, 0.05) is 44.0 Å². The van der Waals surface area contributed by atoms with Crippen LogP contribution in [0.4, 0.5) is 0 Å². The summed E-state index contributed by atoms with van der Waals surface area (Å²) in [5.41, 5.74) is 15.7. The normalized spacial score (nSPS) is 11.5. The molecule has 4 nitrogen and oxygen atoms in total. The van der Waals surface area contributed by atoms with Gasteiger partial charge in [0.05, 0.1) is 22.6 Å². The van der Waals surface area contributed by atoms with E-state index in [1.807, 2.05) is 42.5 Å². The molecular weight excluding hydrogens is 767 g/mol. The van der Waals surface area contributed by atoms with Gasteiger partial charge >= 0.3 is 0 Å². The molecule has 0 saturated heterocycles. The molecule has 0 atom stereocenters. The summed E-state index contributed by atoms with van der Waals surface area (Å²) in [4.78, 5) is 15.9. The number of pyridine rings is 1. The minimum Gasteiger partial charge on any atom is -0.455 e. The number of furan rings is 1. The van der Waals surface area contributed by atoms with E-state index in [9.17, 15) is 0 Å². The van der Waals surface area contributed by atoms with Crippen molar-refractivity contribution in [1.29, 1.82) is 0 Å². The Balaban J connectivity index is 1.14. The van der Waals surface area contributed by atoms with Gasteiger partial charge in [0.1, 0.15) is 11.2 Å². The molecule has 0 fully saturated rings. The van der Waals surface area contributed by atoms with Crippen LogP contribution in [0.25, 0.3) is 122 Å². The molecule has 3 aromatic heterocycles. The topological polar surface area (TPSA) is 51.8 Å². The first kappa shape index (κ1) is 36.4. The number of aromatic nitrogens is 3. The van der Waals surface area contributed by atoms with Crippen LogP contribution in [0.15, 0.2) is 229 Å². The first-order chi connectivity index (χ1) is 31.2. The molecule has 0 aliphatic carbocycles. The molecule has 4 heteroatoms. The second kappa shape index (κ2) is 15.2. The van der Waals surface area contributed by atoms with Crippen molar-refractivity contribution in [1.82, 2.24) is 15.0 Å². The number of nitrogens with zero attached hydrogens (tertiary/aromatic N) is 3. The Morgan fingerprint density at radius 1 is 0.302 bits per heavy atom. The largest absolute Gasteiger partial charge is 0.455 e. The van der Waals surface area contributed by atoms with Gasteiger partial charge in [-0.2, -0.15) is 0 Å². The zero-order chi connectivity index (χ0) is 41.7. The van der Waals surface area contributed by atoms with E-state index in [-0.39, 0.29) is 0 Å². The van der Waals surface area contributed by atoms with Crippen LogP contribution in [0.3, 0.4) is 0 Å². The van der Waals surface area contributed by atoms with Gasteiger partial charge in [-0.1, -0.05) is 182 Å². The van der Waals surface area contributed by atoms with Crippen molar-refractivity contribution >= 4 is 43.6 Å². The van der Waals surface area contributed by atoms with Gasteiger partial charge in [-0.15, -0.1) is 0 Å². The van der Waals surface area contributed by atoms with Crippen LogP contribution in [0, 0.1) is 0 Å². The third kappa shape index (κ3) is 6.62. The smallest absolute Gasteiger partial charge is 0.160 e. The molecule has 0 radical (unpaired) electrons. The van der Waals surface area contributed by atoms with Crippen molar-refractivity contribution < 1.29 is 4.42 Å². The van der Waals surface area contributed by atoms with E-state index < -0.39 is 0 Å². The van der Waals surface area contributed by atoms with Crippen molar-refractivity contribution in [2.24, 2.45) is 0 Å². The summed E-state index contributed by atoms with van der Waals surface area (Å²) in [6.45, 7) is 0. The average Bonchev–Trinajstić information content (AvgIpc) is 3.75. The molecule has 12 aromatic rings. The van der Waals surface area contributed by atoms with Crippen molar-refractivity contribution in [3.8, 4) is 78.5 Å². The lowest BCUT2D eigenvalue weighted by Gasteiger charge is -2.16. The van der Waals surface area contributed by atoms with E-state index in [0.717, 1.165) is 111 Å². The fraction of sp³-hybridized carbons (Fsp3) is 0. The predicted octanol–water partition coefficient (Wildman–Crippen LogP) is 15.7. The molecule has 9 aromatic carbocycles. The summed E-state index contributed by atoms with van der Waals surface area (Å²) >= 11 is 0. The summed E-state index contributed by atoms with van der Waals surface area (Å²) in [7, 11) is 0. The zero-order valence-electron chi connectivity index (χ0n) is 34.1. The maximum Gasteiger partial charge on any atom is 0.160 e. The lowest BCUT2D eigenvalue weighted by molar-refractivity contribution is 0.670. The minimum atomic E-state index is 0.660. The minimum absolute atomic E-state index is 0.660. The first-order valence-corrected chi connectivity index (χ1v) is 21.2. The van der Waals surface area contributed by atoms with Crippen LogP contribution >= 0.6 is 0 Å². The molecule has 294 valence electrons. The maximum atomic E-state index is 6.69. The van der Waals surface area contributed by atoms with E-state index in [0.29, 0.717) is 5.82 Å². The Morgan fingerprint density at radius 3 is 1.60 bits per heavy atom. The number of hydrogen-bond acceptors (Lipinski definition) is 4. The molecule has 0 aliphatic heterocycles. The number of benzene rings is 9. The Kier molecular flexibility index (Phi) is 8.79. The number of rotatable bonds is 7. The van der Waals surface area contributed by atoms with Gasteiger partial charge in [0.15, 0.2) is 5.82 Å². The molecule has 63 heavy (non-hydrogen) atoms. The van der Waals surface area contributed by atoms with Gasteiger partial charge in [0.25, 0.3) is 0 Å². The van der Waals surface area contributed by atoms with Crippen molar-refractivity contribution in [3.05, 3.63) is 224 Å². The van der Waals surface area contributed by atoms with E-state index >= 15 is 0 Å². The number of fused-ring (bicyclic) bond motifs is 6. The zero-order valence-corrected chi connectivity index (χ0v) is 34.1. The third-order valence-electron chi connectivity index (χ3n) is 12.1. The molecule has 0 unspecified atom stereocenters. The van der Waals surface area contributed by atoms with Gasteiger partial charge in [-0.25, -0.2) is 15.0 Å². The molecule has 0 amide bonds. The van der Waals surface area contributed by atoms with Gasteiger partial charge < -0.3 is 4.42 Å². The van der Waals surface area contributed by atoms with Crippen molar-refractivity contribution in [2.45, 2.75) is 0 Å². The Morgan fingerprint density at radius 2 is 0.841 bits per heavy atom. The van der Waals surface area contributed by atoms with E-state index in [1.165, 1.54) is 5.56 Å². The molecule has 0 aliphatic rings. The van der Waals surface area contributed by atoms with Crippen LogP contribution in [-0.4, -0.2) is 15.0 Å². The van der Waals surface area contributed by atoms with Gasteiger partial charge in [0.2, 0.25) is 0 Å². The SMILES string of the molecule is c1ccc(-c2ccc(-c3cc(-c4cc(-c5cccc6c5oc5ccccc56)cc(-c5cc(-c6ccccc6)nc6ccc7ccccc7c56)c4)nc(-c4ccccc4)n3)cc2)cc1. The summed E-state index contributed by atoms with van der Waals surface area (Å²) in [5.74, 6) is 0.660. The number of para-hydroxylation sites is 2. The second-order valence-corrected chi connectivity index (χ2v) is 16.0. The fourth-order valence-electron chi connectivity index (χ4n) is 8.98.